The molecule has 0 saturated heterocycles. The van der Waals surface area contributed by atoms with Gasteiger partial charge in [-0.05, 0) is 48.1 Å². The minimum absolute atomic E-state index is 0.00862. The summed E-state index contributed by atoms with van der Waals surface area (Å²) >= 11 is 5.94. The van der Waals surface area contributed by atoms with Crippen molar-refractivity contribution in [2.75, 3.05) is 6.54 Å². The maximum atomic E-state index is 13.8. The van der Waals surface area contributed by atoms with Crippen LogP contribution in [0.3, 0.4) is 0 Å². The first kappa shape index (κ1) is 24.3. The van der Waals surface area contributed by atoms with Crippen LogP contribution in [0.2, 0.25) is 5.02 Å². The van der Waals surface area contributed by atoms with Gasteiger partial charge in [-0.1, -0.05) is 54.1 Å². The van der Waals surface area contributed by atoms with Crippen molar-refractivity contribution in [2.24, 2.45) is 0 Å². The number of pyridine rings is 1. The normalized spacial score (nSPS) is 15.1. The Balaban J connectivity index is 1.58. The van der Waals surface area contributed by atoms with Gasteiger partial charge in [-0.25, -0.2) is 4.39 Å². The maximum absolute atomic E-state index is 13.8. The van der Waals surface area contributed by atoms with Crippen LogP contribution in [0.25, 0.3) is 5.57 Å². The summed E-state index contributed by atoms with van der Waals surface area (Å²) in [5.74, 6) is -0.922. The average molecular weight is 509 g/mol. The fraction of sp³-hybridized carbons (Fsp3) is 0.286. The van der Waals surface area contributed by atoms with Crippen molar-refractivity contribution >= 4 is 23.1 Å². The van der Waals surface area contributed by atoms with E-state index < -0.39 is 5.82 Å². The van der Waals surface area contributed by atoms with Crippen molar-refractivity contribution in [1.29, 1.82) is 0 Å². The van der Waals surface area contributed by atoms with Crippen molar-refractivity contribution in [3.63, 3.8) is 0 Å². The predicted octanol–water partition coefficient (Wildman–Crippen LogP) is 4.94. The first-order valence-electron chi connectivity index (χ1n) is 12.0. The number of ether oxygens (including phenoxy) is 1. The van der Waals surface area contributed by atoms with E-state index in [0.29, 0.717) is 29.9 Å². The Bertz CT molecular complexity index is 1400. The molecule has 0 radical (unpaired) electrons. The standard InChI is InChI=1S/C28H26ClFN2O4/c29-21-14-19(10-11-22(21)30)15-31-12-13-32-23(16-33)24(20-8-4-5-9-20)26(34)27(25(32)28(31)35)36-17-18-6-2-1-3-7-18/h1-3,6-8,10-11,14,33H,4-5,9,12-13,15-17H2. The molecule has 2 aliphatic rings. The lowest BCUT2D eigenvalue weighted by Gasteiger charge is -2.33. The number of hydrogen-bond donors (Lipinski definition) is 1. The van der Waals surface area contributed by atoms with Crippen LogP contribution in [0, 0.1) is 5.82 Å². The van der Waals surface area contributed by atoms with Crippen LogP contribution in [-0.2, 0) is 26.3 Å². The van der Waals surface area contributed by atoms with Crippen LogP contribution in [0.4, 0.5) is 4.39 Å². The second-order valence-electron chi connectivity index (χ2n) is 9.01. The molecule has 6 nitrogen and oxygen atoms in total. The number of aliphatic hydroxyl groups is 1. The predicted molar refractivity (Wildman–Crippen MR) is 135 cm³/mol. The number of carbonyl (C=O) groups is 1. The molecule has 1 amide bonds. The molecule has 8 heteroatoms. The number of nitrogens with zero attached hydrogens (tertiary/aromatic N) is 2. The van der Waals surface area contributed by atoms with E-state index >= 15 is 0 Å². The monoisotopic (exact) mass is 508 g/mol. The van der Waals surface area contributed by atoms with Gasteiger partial charge in [0.1, 0.15) is 12.4 Å². The van der Waals surface area contributed by atoms with E-state index in [1.807, 2.05) is 36.4 Å². The molecular formula is C28H26ClFN2O4. The third kappa shape index (κ3) is 4.56. The summed E-state index contributed by atoms with van der Waals surface area (Å²) in [4.78, 5) is 29.1. The van der Waals surface area contributed by atoms with Crippen LogP contribution in [0.15, 0.2) is 59.4 Å². The van der Waals surface area contributed by atoms with E-state index in [1.54, 1.807) is 15.5 Å². The summed E-state index contributed by atoms with van der Waals surface area (Å²) < 4.78 is 21.4. The van der Waals surface area contributed by atoms with Crippen LogP contribution in [0.5, 0.6) is 5.75 Å². The van der Waals surface area contributed by atoms with Crippen molar-refractivity contribution in [3.8, 4) is 5.75 Å². The lowest BCUT2D eigenvalue weighted by atomic mass is 9.99. The zero-order chi connectivity index (χ0) is 25.2. The Kier molecular flexibility index (Phi) is 6.94. The number of aromatic nitrogens is 1. The van der Waals surface area contributed by atoms with Crippen molar-refractivity contribution in [2.45, 2.75) is 45.6 Å². The van der Waals surface area contributed by atoms with Gasteiger partial charge in [-0.2, -0.15) is 0 Å². The Labute approximate surface area is 213 Å². The van der Waals surface area contributed by atoms with E-state index in [0.717, 1.165) is 30.4 Å². The van der Waals surface area contributed by atoms with Gasteiger partial charge >= 0.3 is 0 Å². The molecule has 1 aromatic heterocycles. The van der Waals surface area contributed by atoms with Gasteiger partial charge in [0.2, 0.25) is 5.43 Å². The average Bonchev–Trinajstić information content (AvgIpc) is 3.42. The summed E-state index contributed by atoms with van der Waals surface area (Å²) in [5.41, 5.74) is 3.05. The largest absolute Gasteiger partial charge is 0.483 e. The second kappa shape index (κ2) is 10.3. The minimum Gasteiger partial charge on any atom is -0.483 e. The topological polar surface area (TPSA) is 71.8 Å². The second-order valence-corrected chi connectivity index (χ2v) is 9.42. The summed E-state index contributed by atoms with van der Waals surface area (Å²) in [6.45, 7) is 0.698. The van der Waals surface area contributed by atoms with E-state index in [-0.39, 0.29) is 47.6 Å². The maximum Gasteiger partial charge on any atom is 0.274 e. The molecule has 0 spiro atoms. The molecule has 5 rings (SSSR count). The molecule has 0 atom stereocenters. The first-order chi connectivity index (χ1) is 17.5. The van der Waals surface area contributed by atoms with Gasteiger partial charge in [0.15, 0.2) is 11.4 Å². The van der Waals surface area contributed by atoms with Crippen molar-refractivity contribution in [1.82, 2.24) is 9.47 Å². The SMILES string of the molecule is O=C1c2c(OCc3ccccc3)c(=O)c(C3=CCCC3)c(CO)n2CCN1Cc1ccc(F)c(Cl)c1. The highest BCUT2D eigenvalue weighted by Crippen LogP contribution is 2.33. The first-order valence-corrected chi connectivity index (χ1v) is 12.4. The van der Waals surface area contributed by atoms with Crippen molar-refractivity contribution in [3.05, 3.63) is 104 Å². The third-order valence-corrected chi connectivity index (χ3v) is 7.00. The molecule has 2 aromatic carbocycles. The molecule has 1 aliphatic carbocycles. The molecule has 0 bridgehead atoms. The molecule has 1 aliphatic heterocycles. The number of fused-ring (bicyclic) bond motifs is 1. The highest BCUT2D eigenvalue weighted by molar-refractivity contribution is 6.30. The molecule has 3 aromatic rings. The Morgan fingerprint density at radius 1 is 1.06 bits per heavy atom. The Hall–Kier alpha value is -3.42. The molecule has 0 unspecified atom stereocenters. The van der Waals surface area contributed by atoms with Gasteiger partial charge in [0, 0.05) is 19.6 Å². The number of halogens is 2. The summed E-state index contributed by atoms with van der Waals surface area (Å²) in [6.07, 6.45) is 4.58. The third-order valence-electron chi connectivity index (χ3n) is 6.71. The lowest BCUT2D eigenvalue weighted by molar-refractivity contribution is 0.0675. The minimum atomic E-state index is -0.528. The molecule has 1 N–H and O–H groups in total. The number of amides is 1. The lowest BCUT2D eigenvalue weighted by Crippen LogP contribution is -2.43. The fourth-order valence-electron chi connectivity index (χ4n) is 4.94. The number of aliphatic hydroxyl groups excluding tert-OH is 1. The van der Waals surface area contributed by atoms with Crippen molar-refractivity contribution < 1.29 is 19.0 Å². The molecule has 36 heavy (non-hydrogen) atoms. The van der Waals surface area contributed by atoms with Crippen LogP contribution in [-0.4, -0.2) is 27.0 Å². The fourth-order valence-corrected chi connectivity index (χ4v) is 5.15. The van der Waals surface area contributed by atoms with Gasteiger partial charge in [0.05, 0.1) is 22.9 Å². The smallest absolute Gasteiger partial charge is 0.274 e. The number of benzene rings is 2. The van der Waals surface area contributed by atoms with Gasteiger partial charge in [-0.15, -0.1) is 0 Å². The number of hydrogen-bond acceptors (Lipinski definition) is 4. The quantitative estimate of drug-likeness (QED) is 0.491. The molecular weight excluding hydrogens is 483 g/mol. The Morgan fingerprint density at radius 3 is 2.56 bits per heavy atom. The van der Waals surface area contributed by atoms with E-state index in [2.05, 4.69) is 0 Å². The Morgan fingerprint density at radius 2 is 1.86 bits per heavy atom. The summed E-state index contributed by atoms with van der Waals surface area (Å²) in [7, 11) is 0. The molecule has 2 heterocycles. The van der Waals surface area contributed by atoms with Crippen LogP contribution >= 0.6 is 11.6 Å². The zero-order valence-corrected chi connectivity index (χ0v) is 20.4. The number of allylic oxidation sites excluding steroid dienone is 2. The number of carbonyl (C=O) groups excluding carboxylic acids is 1. The van der Waals surface area contributed by atoms with E-state index in [4.69, 9.17) is 16.3 Å². The van der Waals surface area contributed by atoms with Crippen LogP contribution < -0.4 is 10.2 Å². The summed E-state index contributed by atoms with van der Waals surface area (Å²) in [6, 6.07) is 13.8. The number of rotatable bonds is 7. The van der Waals surface area contributed by atoms with Gasteiger partial charge < -0.3 is 19.3 Å². The molecule has 0 fully saturated rings. The highest BCUT2D eigenvalue weighted by Gasteiger charge is 2.34. The molecule has 0 saturated carbocycles. The van der Waals surface area contributed by atoms with E-state index in [9.17, 15) is 19.1 Å². The highest BCUT2D eigenvalue weighted by atomic mass is 35.5. The van der Waals surface area contributed by atoms with Crippen LogP contribution in [0.1, 0.15) is 52.1 Å². The van der Waals surface area contributed by atoms with Gasteiger partial charge in [0.25, 0.3) is 5.91 Å². The van der Waals surface area contributed by atoms with E-state index in [1.165, 1.54) is 12.1 Å². The zero-order valence-electron chi connectivity index (χ0n) is 19.7. The summed E-state index contributed by atoms with van der Waals surface area (Å²) in [5, 5.41) is 10.3. The molecule has 186 valence electrons. The van der Waals surface area contributed by atoms with Gasteiger partial charge in [-0.3, -0.25) is 9.59 Å².